The second-order valence-electron chi connectivity index (χ2n) is 5.19. The third kappa shape index (κ3) is 2.20. The van der Waals surface area contributed by atoms with Crippen LogP contribution in [0.4, 0.5) is 10.1 Å². The minimum absolute atomic E-state index is 0.107. The van der Waals surface area contributed by atoms with Gasteiger partial charge in [0.05, 0.1) is 6.42 Å². The van der Waals surface area contributed by atoms with Gasteiger partial charge in [0.2, 0.25) is 5.91 Å². The highest BCUT2D eigenvalue weighted by Gasteiger charge is 2.46. The van der Waals surface area contributed by atoms with E-state index in [0.717, 1.165) is 18.4 Å². The number of hydrogen-bond donors (Lipinski definition) is 1. The molecule has 1 saturated carbocycles. The van der Waals surface area contributed by atoms with Crippen LogP contribution in [0.15, 0.2) is 18.2 Å². The van der Waals surface area contributed by atoms with Gasteiger partial charge in [-0.3, -0.25) is 14.5 Å². The van der Waals surface area contributed by atoms with Crippen LogP contribution >= 0.6 is 0 Å². The van der Waals surface area contributed by atoms with E-state index in [1.807, 2.05) is 0 Å². The quantitative estimate of drug-likeness (QED) is 0.845. The lowest BCUT2D eigenvalue weighted by Gasteiger charge is -2.16. The molecule has 1 aliphatic heterocycles. The number of nitrogens with one attached hydrogen (secondary N) is 1. The fourth-order valence-corrected chi connectivity index (χ4v) is 2.46. The van der Waals surface area contributed by atoms with E-state index in [0.29, 0.717) is 5.69 Å². The molecular formula is C14H15FN2O2. The molecule has 1 aliphatic carbocycles. The molecule has 1 atom stereocenters. The summed E-state index contributed by atoms with van der Waals surface area (Å²) in [5.74, 6) is -0.572. The summed E-state index contributed by atoms with van der Waals surface area (Å²) in [4.78, 5) is 25.3. The number of nitrogens with zero attached hydrogens (tertiary/aromatic N) is 1. The zero-order chi connectivity index (χ0) is 13.6. The highest BCUT2D eigenvalue weighted by molar-refractivity contribution is 6.07. The van der Waals surface area contributed by atoms with E-state index in [-0.39, 0.29) is 30.1 Å². The van der Waals surface area contributed by atoms with Gasteiger partial charge in [0.25, 0.3) is 5.91 Å². The third-order valence-corrected chi connectivity index (χ3v) is 3.61. The monoisotopic (exact) mass is 262 g/mol. The molecule has 4 nitrogen and oxygen atoms in total. The van der Waals surface area contributed by atoms with Crippen LogP contribution < -0.4 is 5.32 Å². The van der Waals surface area contributed by atoms with E-state index in [9.17, 15) is 14.0 Å². The van der Waals surface area contributed by atoms with E-state index in [2.05, 4.69) is 5.32 Å². The summed E-state index contributed by atoms with van der Waals surface area (Å²) in [5.41, 5.74) is 1.43. The summed E-state index contributed by atoms with van der Waals surface area (Å²) in [6.45, 7) is 1.77. The summed E-state index contributed by atoms with van der Waals surface area (Å²) >= 11 is 0. The Bertz CT molecular complexity index is 554. The van der Waals surface area contributed by atoms with Gasteiger partial charge >= 0.3 is 0 Å². The molecule has 2 fully saturated rings. The predicted molar refractivity (Wildman–Crippen MR) is 68.0 cm³/mol. The molecule has 5 heteroatoms. The van der Waals surface area contributed by atoms with Crippen LogP contribution in [0.2, 0.25) is 0 Å². The molecule has 1 N–H and O–H groups in total. The first-order valence-electron chi connectivity index (χ1n) is 6.45. The minimum Gasteiger partial charge on any atom is -0.373 e. The Morgan fingerprint density at radius 2 is 2.05 bits per heavy atom. The lowest BCUT2D eigenvalue weighted by molar-refractivity contribution is -0.139. The Morgan fingerprint density at radius 3 is 2.68 bits per heavy atom. The smallest absolute Gasteiger partial charge is 0.252 e. The zero-order valence-electron chi connectivity index (χ0n) is 10.6. The highest BCUT2D eigenvalue weighted by Crippen LogP contribution is 2.32. The number of carbonyl (C=O) groups is 2. The molecular weight excluding hydrogens is 247 g/mol. The number of rotatable bonds is 3. The number of amides is 2. The maximum atomic E-state index is 13.0. The summed E-state index contributed by atoms with van der Waals surface area (Å²) < 4.78 is 13.0. The van der Waals surface area contributed by atoms with Crippen LogP contribution in [0, 0.1) is 12.7 Å². The third-order valence-electron chi connectivity index (χ3n) is 3.61. The summed E-state index contributed by atoms with van der Waals surface area (Å²) in [6.07, 6.45) is 2.02. The Labute approximate surface area is 110 Å². The number of halogens is 1. The number of carbonyl (C=O) groups excluding carboxylic acids is 2. The van der Waals surface area contributed by atoms with Crippen molar-refractivity contribution >= 4 is 17.5 Å². The van der Waals surface area contributed by atoms with E-state index in [1.165, 1.54) is 17.0 Å². The van der Waals surface area contributed by atoms with Gasteiger partial charge in [-0.2, -0.15) is 0 Å². The van der Waals surface area contributed by atoms with Crippen LogP contribution in [-0.2, 0) is 9.59 Å². The van der Waals surface area contributed by atoms with Gasteiger partial charge in [-0.05, 0) is 43.5 Å². The Balaban J connectivity index is 1.76. The average Bonchev–Trinajstić information content (AvgIpc) is 3.12. The van der Waals surface area contributed by atoms with Crippen molar-refractivity contribution in [2.45, 2.75) is 38.3 Å². The van der Waals surface area contributed by atoms with E-state index in [1.54, 1.807) is 13.0 Å². The van der Waals surface area contributed by atoms with Crippen LogP contribution in [0.1, 0.15) is 24.8 Å². The maximum Gasteiger partial charge on any atom is 0.252 e. The van der Waals surface area contributed by atoms with Gasteiger partial charge in [0.15, 0.2) is 0 Å². The molecule has 0 aromatic heterocycles. The Kier molecular flexibility index (Phi) is 2.77. The van der Waals surface area contributed by atoms with Crippen molar-refractivity contribution in [2.24, 2.45) is 0 Å². The van der Waals surface area contributed by atoms with Crippen molar-refractivity contribution in [3.8, 4) is 0 Å². The number of benzene rings is 1. The summed E-state index contributed by atoms with van der Waals surface area (Å²) in [7, 11) is 0. The minimum atomic E-state index is -0.516. The fourth-order valence-electron chi connectivity index (χ4n) is 2.46. The van der Waals surface area contributed by atoms with Crippen molar-refractivity contribution in [3.63, 3.8) is 0 Å². The molecule has 2 amide bonds. The Morgan fingerprint density at radius 1 is 1.32 bits per heavy atom. The van der Waals surface area contributed by atoms with Crippen LogP contribution in [0.5, 0.6) is 0 Å². The summed E-state index contributed by atoms with van der Waals surface area (Å²) in [5, 5.41) is 3.05. The number of likely N-dealkylation sites (tertiary alicyclic amines) is 1. The van der Waals surface area contributed by atoms with E-state index >= 15 is 0 Å². The molecule has 1 saturated heterocycles. The standard InChI is InChI=1S/C14H15FN2O2/c1-8-6-9(15)2-5-11(8)16-12-7-13(18)17(14(12)19)10-3-4-10/h2,5-6,10,12,16H,3-4,7H2,1H3. The molecule has 0 radical (unpaired) electrons. The average molecular weight is 262 g/mol. The Hall–Kier alpha value is -1.91. The van der Waals surface area contributed by atoms with Crippen molar-refractivity contribution in [2.75, 3.05) is 5.32 Å². The topological polar surface area (TPSA) is 49.4 Å². The fraction of sp³-hybridized carbons (Fsp3) is 0.429. The number of hydrogen-bond acceptors (Lipinski definition) is 3. The normalized spacial score (nSPS) is 23.1. The van der Waals surface area contributed by atoms with Crippen LogP contribution in [-0.4, -0.2) is 28.8 Å². The highest BCUT2D eigenvalue weighted by atomic mass is 19.1. The van der Waals surface area contributed by atoms with Gasteiger partial charge in [-0.1, -0.05) is 0 Å². The van der Waals surface area contributed by atoms with Crippen molar-refractivity contribution in [1.29, 1.82) is 0 Å². The van der Waals surface area contributed by atoms with Crippen molar-refractivity contribution < 1.29 is 14.0 Å². The summed E-state index contributed by atoms with van der Waals surface area (Å²) in [6, 6.07) is 3.94. The second-order valence-corrected chi connectivity index (χ2v) is 5.19. The first-order valence-corrected chi connectivity index (χ1v) is 6.45. The van der Waals surface area contributed by atoms with Crippen molar-refractivity contribution in [3.05, 3.63) is 29.6 Å². The molecule has 1 heterocycles. The van der Waals surface area contributed by atoms with E-state index in [4.69, 9.17) is 0 Å². The van der Waals surface area contributed by atoms with Gasteiger partial charge in [-0.25, -0.2) is 4.39 Å². The molecule has 2 aliphatic rings. The molecule has 3 rings (SSSR count). The number of imide groups is 1. The molecule has 1 unspecified atom stereocenters. The SMILES string of the molecule is Cc1cc(F)ccc1NC1CC(=O)N(C2CC2)C1=O. The second kappa shape index (κ2) is 4.33. The number of aryl methyl sites for hydroxylation is 1. The van der Waals surface area contributed by atoms with E-state index < -0.39 is 6.04 Å². The molecule has 100 valence electrons. The first kappa shape index (κ1) is 12.1. The lowest BCUT2D eigenvalue weighted by Crippen LogP contribution is -2.36. The molecule has 1 aromatic rings. The van der Waals surface area contributed by atoms with Gasteiger partial charge < -0.3 is 5.32 Å². The van der Waals surface area contributed by atoms with Crippen LogP contribution in [0.25, 0.3) is 0 Å². The van der Waals surface area contributed by atoms with Crippen molar-refractivity contribution in [1.82, 2.24) is 4.90 Å². The molecule has 0 bridgehead atoms. The molecule has 1 aromatic carbocycles. The zero-order valence-corrected chi connectivity index (χ0v) is 10.6. The van der Waals surface area contributed by atoms with Crippen LogP contribution in [0.3, 0.4) is 0 Å². The van der Waals surface area contributed by atoms with Gasteiger partial charge in [0, 0.05) is 11.7 Å². The molecule has 19 heavy (non-hydrogen) atoms. The predicted octanol–water partition coefficient (Wildman–Crippen LogP) is 1.84. The molecule has 0 spiro atoms. The maximum absolute atomic E-state index is 13.0. The van der Waals surface area contributed by atoms with Gasteiger partial charge in [0.1, 0.15) is 11.9 Å². The first-order chi connectivity index (χ1) is 9.06. The largest absolute Gasteiger partial charge is 0.373 e. The van der Waals surface area contributed by atoms with Gasteiger partial charge in [-0.15, -0.1) is 0 Å². The number of anilines is 1. The lowest BCUT2D eigenvalue weighted by atomic mass is 10.1.